The predicted molar refractivity (Wildman–Crippen MR) is 134 cm³/mol. The molecule has 3 rings (SSSR count). The molecule has 0 heterocycles. The van der Waals surface area contributed by atoms with E-state index in [0.717, 1.165) is 65.5 Å². The largest absolute Gasteiger partial charge is 0.449 e. The van der Waals surface area contributed by atoms with Gasteiger partial charge in [0.2, 0.25) is 5.91 Å². The topological polar surface area (TPSA) is 84.5 Å². The van der Waals surface area contributed by atoms with Crippen LogP contribution >= 0.6 is 0 Å². The highest BCUT2D eigenvalue weighted by molar-refractivity contribution is 6.04. The summed E-state index contributed by atoms with van der Waals surface area (Å²) in [5.74, 6) is 0.108. The van der Waals surface area contributed by atoms with Gasteiger partial charge in [-0.2, -0.15) is 0 Å². The molecule has 0 bridgehead atoms. The third kappa shape index (κ3) is 6.04. The summed E-state index contributed by atoms with van der Waals surface area (Å²) in [4.78, 5) is 36.8. The average molecular weight is 465 g/mol. The molecule has 0 aromatic heterocycles. The molecule has 6 nitrogen and oxygen atoms in total. The molecule has 2 amide bonds. The van der Waals surface area contributed by atoms with Gasteiger partial charge in [-0.1, -0.05) is 56.7 Å². The molecule has 1 atom stereocenters. The van der Waals surface area contributed by atoms with Crippen LogP contribution in [-0.4, -0.2) is 38.0 Å². The van der Waals surface area contributed by atoms with E-state index < -0.39 is 6.09 Å². The van der Waals surface area contributed by atoms with E-state index in [-0.39, 0.29) is 24.2 Å². The zero-order valence-corrected chi connectivity index (χ0v) is 20.5. The molecule has 0 spiro atoms. The van der Waals surface area contributed by atoms with Crippen LogP contribution in [-0.2, 0) is 16.0 Å². The number of ketones is 1. The number of fused-ring (bicyclic) bond motifs is 3. The number of amides is 2. The van der Waals surface area contributed by atoms with Gasteiger partial charge in [0.15, 0.2) is 5.78 Å². The lowest BCUT2D eigenvalue weighted by Crippen LogP contribution is -2.23. The Morgan fingerprint density at radius 1 is 0.971 bits per heavy atom. The molecule has 1 unspecified atom stereocenters. The third-order valence-corrected chi connectivity index (χ3v) is 6.32. The van der Waals surface area contributed by atoms with Crippen molar-refractivity contribution in [3.63, 3.8) is 0 Å². The molecule has 34 heavy (non-hydrogen) atoms. The van der Waals surface area contributed by atoms with E-state index in [1.165, 1.54) is 7.05 Å². The Balaban J connectivity index is 1.88. The fraction of sp³-hybridized carbons (Fsp3) is 0.464. The van der Waals surface area contributed by atoms with Crippen molar-refractivity contribution in [3.8, 4) is 11.1 Å². The van der Waals surface area contributed by atoms with E-state index in [1.54, 1.807) is 0 Å². The van der Waals surface area contributed by atoms with Crippen LogP contribution in [0.15, 0.2) is 36.4 Å². The Bertz CT molecular complexity index is 1030. The quantitative estimate of drug-likeness (QED) is 0.413. The maximum absolute atomic E-state index is 13.0. The van der Waals surface area contributed by atoms with Gasteiger partial charge in [-0.05, 0) is 53.5 Å². The SMILES string of the molecule is CCCCC(=O)c1cccc2c1-c1ccc(CCCC(=O)NCCC)cc1C2COC(=O)NC. The van der Waals surface area contributed by atoms with Gasteiger partial charge >= 0.3 is 6.09 Å². The molecule has 0 aliphatic heterocycles. The van der Waals surface area contributed by atoms with Crippen molar-refractivity contribution in [2.24, 2.45) is 0 Å². The minimum Gasteiger partial charge on any atom is -0.449 e. The average Bonchev–Trinajstić information content (AvgIpc) is 3.17. The van der Waals surface area contributed by atoms with Gasteiger partial charge in [-0.15, -0.1) is 0 Å². The van der Waals surface area contributed by atoms with Gasteiger partial charge in [-0.25, -0.2) is 4.79 Å². The van der Waals surface area contributed by atoms with Gasteiger partial charge < -0.3 is 15.4 Å². The molecule has 0 fully saturated rings. The predicted octanol–water partition coefficient (Wildman–Crippen LogP) is 5.38. The van der Waals surface area contributed by atoms with Crippen LogP contribution in [0.3, 0.4) is 0 Å². The van der Waals surface area contributed by atoms with Gasteiger partial charge in [-0.3, -0.25) is 9.59 Å². The van der Waals surface area contributed by atoms with Crippen molar-refractivity contribution in [1.82, 2.24) is 10.6 Å². The van der Waals surface area contributed by atoms with Crippen molar-refractivity contribution in [3.05, 3.63) is 58.7 Å². The number of aryl methyl sites for hydroxylation is 1. The Labute approximate surface area is 202 Å². The Hall–Kier alpha value is -3.15. The zero-order valence-electron chi connectivity index (χ0n) is 20.5. The normalized spacial score (nSPS) is 13.7. The second-order valence-electron chi connectivity index (χ2n) is 8.82. The number of rotatable bonds is 12. The number of carbonyl (C=O) groups excluding carboxylic acids is 3. The Morgan fingerprint density at radius 2 is 1.79 bits per heavy atom. The molecule has 1 aliphatic rings. The summed E-state index contributed by atoms with van der Waals surface area (Å²) in [5, 5.41) is 5.42. The van der Waals surface area contributed by atoms with E-state index in [0.29, 0.717) is 19.4 Å². The highest BCUT2D eigenvalue weighted by atomic mass is 16.5. The van der Waals surface area contributed by atoms with E-state index in [1.807, 2.05) is 25.1 Å². The fourth-order valence-electron chi connectivity index (χ4n) is 4.53. The van der Waals surface area contributed by atoms with Crippen molar-refractivity contribution >= 4 is 17.8 Å². The second-order valence-corrected chi connectivity index (χ2v) is 8.82. The molecule has 0 radical (unpaired) electrons. The fourth-order valence-corrected chi connectivity index (χ4v) is 4.53. The van der Waals surface area contributed by atoms with Gasteiger partial charge in [0, 0.05) is 37.9 Å². The smallest absolute Gasteiger partial charge is 0.406 e. The second kappa shape index (κ2) is 12.4. The summed E-state index contributed by atoms with van der Waals surface area (Å²) >= 11 is 0. The van der Waals surface area contributed by atoms with Crippen molar-refractivity contribution in [2.75, 3.05) is 20.2 Å². The van der Waals surface area contributed by atoms with Crippen LogP contribution < -0.4 is 10.6 Å². The van der Waals surface area contributed by atoms with Gasteiger partial charge in [0.05, 0.1) is 0 Å². The lowest BCUT2D eigenvalue weighted by Gasteiger charge is -2.15. The first-order valence-corrected chi connectivity index (χ1v) is 12.4. The number of unbranched alkanes of at least 4 members (excludes halogenated alkanes) is 1. The minimum absolute atomic E-state index is 0.0857. The van der Waals surface area contributed by atoms with Crippen LogP contribution in [0.25, 0.3) is 11.1 Å². The van der Waals surface area contributed by atoms with Gasteiger partial charge in [0.25, 0.3) is 0 Å². The first-order valence-electron chi connectivity index (χ1n) is 12.4. The number of hydrogen-bond acceptors (Lipinski definition) is 4. The lowest BCUT2D eigenvalue weighted by atomic mass is 9.93. The minimum atomic E-state index is -0.473. The molecule has 2 N–H and O–H groups in total. The standard InChI is InChI=1S/C28H36N2O4/c1-4-6-12-25(31)22-11-8-10-20-24(18-34-28(33)29-3)23-17-19(14-15-21(23)27(20)22)9-7-13-26(32)30-16-5-2/h8,10-11,14-15,17,24H,4-7,9,12-13,16,18H2,1-3H3,(H,29,33)(H,30,32). The summed E-state index contributed by atoms with van der Waals surface area (Å²) in [6.07, 6.45) is 4.87. The van der Waals surface area contributed by atoms with E-state index in [4.69, 9.17) is 4.74 Å². The third-order valence-electron chi connectivity index (χ3n) is 6.32. The number of alkyl carbamates (subject to hydrolysis) is 1. The molecule has 182 valence electrons. The number of Topliss-reactive ketones (excluding diaryl/α,β-unsaturated/α-hetero) is 1. The summed E-state index contributed by atoms with van der Waals surface area (Å²) < 4.78 is 5.46. The van der Waals surface area contributed by atoms with Crippen molar-refractivity contribution in [2.45, 2.75) is 64.7 Å². The van der Waals surface area contributed by atoms with E-state index in [2.05, 4.69) is 35.8 Å². The maximum Gasteiger partial charge on any atom is 0.406 e. The van der Waals surface area contributed by atoms with Crippen LogP contribution in [0.5, 0.6) is 0 Å². The summed E-state index contributed by atoms with van der Waals surface area (Å²) in [7, 11) is 1.54. The summed E-state index contributed by atoms with van der Waals surface area (Å²) in [5.41, 5.74) is 5.98. The van der Waals surface area contributed by atoms with Crippen molar-refractivity contribution < 1.29 is 19.1 Å². The molecular weight excluding hydrogens is 428 g/mol. The highest BCUT2D eigenvalue weighted by Crippen LogP contribution is 2.47. The van der Waals surface area contributed by atoms with Crippen LogP contribution in [0.4, 0.5) is 4.79 Å². The van der Waals surface area contributed by atoms with Crippen LogP contribution in [0.2, 0.25) is 0 Å². The van der Waals surface area contributed by atoms with E-state index in [9.17, 15) is 14.4 Å². The van der Waals surface area contributed by atoms with Gasteiger partial charge in [0.1, 0.15) is 6.61 Å². The maximum atomic E-state index is 13.0. The Kier molecular flexibility index (Phi) is 9.25. The Morgan fingerprint density at radius 3 is 2.53 bits per heavy atom. The monoisotopic (exact) mass is 464 g/mol. The molecule has 2 aromatic rings. The number of nitrogens with one attached hydrogen (secondary N) is 2. The highest BCUT2D eigenvalue weighted by Gasteiger charge is 2.32. The molecule has 2 aromatic carbocycles. The van der Waals surface area contributed by atoms with Crippen LogP contribution in [0, 0.1) is 0 Å². The zero-order chi connectivity index (χ0) is 24.5. The first kappa shape index (κ1) is 25.5. The van der Waals surface area contributed by atoms with Crippen molar-refractivity contribution in [1.29, 1.82) is 0 Å². The number of hydrogen-bond donors (Lipinski definition) is 2. The van der Waals surface area contributed by atoms with Crippen LogP contribution in [0.1, 0.15) is 85.3 Å². The first-order chi connectivity index (χ1) is 16.5. The summed E-state index contributed by atoms with van der Waals surface area (Å²) in [6, 6.07) is 12.2. The molecular formula is C28H36N2O4. The lowest BCUT2D eigenvalue weighted by molar-refractivity contribution is -0.121. The molecule has 0 saturated carbocycles. The number of benzene rings is 2. The number of ether oxygens (including phenoxy) is 1. The molecule has 6 heteroatoms. The van der Waals surface area contributed by atoms with E-state index >= 15 is 0 Å². The molecule has 1 aliphatic carbocycles. The summed E-state index contributed by atoms with van der Waals surface area (Å²) in [6.45, 7) is 5.03. The molecule has 0 saturated heterocycles. The number of carbonyl (C=O) groups is 3.